The van der Waals surface area contributed by atoms with Crippen LogP contribution in [0.4, 0.5) is 0 Å². The molecule has 6 rings (SSSR count). The van der Waals surface area contributed by atoms with Crippen LogP contribution in [0.25, 0.3) is 21.8 Å². The lowest BCUT2D eigenvalue weighted by Gasteiger charge is -2.26. The van der Waals surface area contributed by atoms with E-state index < -0.39 is 11.4 Å². The number of hydrogen-bond acceptors (Lipinski definition) is 5. The molecule has 0 saturated heterocycles. The summed E-state index contributed by atoms with van der Waals surface area (Å²) in [6.07, 6.45) is 0. The minimum atomic E-state index is -1.25. The molecule has 41 heavy (non-hydrogen) atoms. The topological polar surface area (TPSA) is 81.5 Å². The number of ether oxygens (including phenoxy) is 2. The van der Waals surface area contributed by atoms with Gasteiger partial charge in [0.25, 0.3) is 0 Å². The lowest BCUT2D eigenvalue weighted by Crippen LogP contribution is -2.33. The first-order valence-electron chi connectivity index (χ1n) is 13.4. The molecule has 0 aliphatic rings. The number of aromatic nitrogens is 2. The van der Waals surface area contributed by atoms with E-state index in [2.05, 4.69) is 9.97 Å². The minimum absolute atomic E-state index is 0.316. The van der Waals surface area contributed by atoms with Crippen molar-refractivity contribution < 1.29 is 19.4 Å². The lowest BCUT2D eigenvalue weighted by atomic mass is 9.76. The summed E-state index contributed by atoms with van der Waals surface area (Å²) in [6.45, 7) is 2.34. The number of carboxylic acids is 1. The number of aliphatic carboxylic acids is 1. The van der Waals surface area contributed by atoms with Crippen LogP contribution in [0.5, 0.6) is 11.5 Å². The van der Waals surface area contributed by atoms with Crippen molar-refractivity contribution in [3.8, 4) is 11.5 Å². The Bertz CT molecular complexity index is 1710. The smallest absolute Gasteiger partial charge is 0.318 e. The summed E-state index contributed by atoms with van der Waals surface area (Å²) in [7, 11) is 0. The van der Waals surface area contributed by atoms with Crippen molar-refractivity contribution >= 4 is 27.8 Å². The molecule has 2 aromatic heterocycles. The van der Waals surface area contributed by atoms with E-state index in [9.17, 15) is 9.90 Å². The average molecular weight is 541 g/mol. The number of fused-ring (bicyclic) bond motifs is 2. The maximum atomic E-state index is 12.5. The van der Waals surface area contributed by atoms with Crippen LogP contribution < -0.4 is 9.47 Å². The number of hydrogen-bond donors (Lipinski definition) is 1. The molecule has 6 heteroatoms. The molecule has 0 bridgehead atoms. The zero-order chi connectivity index (χ0) is 28.2. The second kappa shape index (κ2) is 11.1. The van der Waals surface area contributed by atoms with Crippen LogP contribution in [0.15, 0.2) is 121 Å². The molecule has 0 unspecified atom stereocenters. The average Bonchev–Trinajstić information content (AvgIpc) is 3.02. The molecule has 202 valence electrons. The summed E-state index contributed by atoms with van der Waals surface area (Å²) in [5.74, 6) is 0.338. The SMILES string of the molecule is CC(C(=O)O)(c1ccc(OCc2ccc3ccccc3n2)cc1)c1ccc(OCc2ccc3ccccc3n2)cc1. The van der Waals surface area contributed by atoms with Crippen molar-refractivity contribution in [2.75, 3.05) is 0 Å². The Morgan fingerprint density at radius 3 is 1.44 bits per heavy atom. The van der Waals surface area contributed by atoms with E-state index in [4.69, 9.17) is 9.47 Å². The number of nitrogens with zero attached hydrogens (tertiary/aromatic N) is 2. The molecule has 2 heterocycles. The third-order valence-electron chi connectivity index (χ3n) is 7.38. The van der Waals surface area contributed by atoms with Gasteiger partial charge in [-0.25, -0.2) is 9.97 Å². The van der Waals surface area contributed by atoms with Gasteiger partial charge in [0.05, 0.1) is 22.4 Å². The first-order valence-corrected chi connectivity index (χ1v) is 13.4. The highest BCUT2D eigenvalue weighted by Crippen LogP contribution is 2.34. The van der Waals surface area contributed by atoms with Crippen molar-refractivity contribution in [1.82, 2.24) is 9.97 Å². The Balaban J connectivity index is 1.13. The maximum Gasteiger partial charge on any atom is 0.318 e. The Morgan fingerprint density at radius 1 is 0.610 bits per heavy atom. The van der Waals surface area contributed by atoms with Crippen LogP contribution in [0.1, 0.15) is 29.4 Å². The number of rotatable bonds is 9. The predicted molar refractivity (Wildman–Crippen MR) is 159 cm³/mol. The van der Waals surface area contributed by atoms with Crippen LogP contribution in [-0.2, 0) is 23.4 Å². The minimum Gasteiger partial charge on any atom is -0.487 e. The molecule has 0 amide bonds. The molecule has 4 aromatic carbocycles. The number of carbonyl (C=O) groups is 1. The summed E-state index contributed by atoms with van der Waals surface area (Å²) < 4.78 is 11.9. The van der Waals surface area contributed by atoms with E-state index in [0.717, 1.165) is 33.2 Å². The molecular weight excluding hydrogens is 512 g/mol. The van der Waals surface area contributed by atoms with Gasteiger partial charge in [-0.2, -0.15) is 0 Å². The van der Waals surface area contributed by atoms with Gasteiger partial charge < -0.3 is 14.6 Å². The monoisotopic (exact) mass is 540 g/mol. The van der Waals surface area contributed by atoms with Crippen LogP contribution in [0.3, 0.4) is 0 Å². The second-order valence-electron chi connectivity index (χ2n) is 10.0. The van der Waals surface area contributed by atoms with Crippen molar-refractivity contribution in [1.29, 1.82) is 0 Å². The Kier molecular flexibility index (Phi) is 7.04. The zero-order valence-electron chi connectivity index (χ0n) is 22.5. The van der Waals surface area contributed by atoms with Gasteiger partial charge in [0.2, 0.25) is 0 Å². The second-order valence-corrected chi connectivity index (χ2v) is 10.0. The van der Waals surface area contributed by atoms with E-state index in [1.54, 1.807) is 55.5 Å². The van der Waals surface area contributed by atoms with Crippen molar-refractivity contribution in [3.63, 3.8) is 0 Å². The number of carboxylic acid groups (broad SMARTS) is 1. The highest BCUT2D eigenvalue weighted by Gasteiger charge is 2.37. The summed E-state index contributed by atoms with van der Waals surface area (Å²) >= 11 is 0. The van der Waals surface area contributed by atoms with Crippen LogP contribution >= 0.6 is 0 Å². The van der Waals surface area contributed by atoms with E-state index in [0.29, 0.717) is 35.8 Å². The summed E-state index contributed by atoms with van der Waals surface area (Å²) in [5.41, 5.74) is 3.52. The van der Waals surface area contributed by atoms with Crippen LogP contribution in [-0.4, -0.2) is 21.0 Å². The van der Waals surface area contributed by atoms with Gasteiger partial charge in [-0.3, -0.25) is 4.79 Å². The summed E-state index contributed by atoms with van der Waals surface area (Å²) in [4.78, 5) is 21.8. The summed E-state index contributed by atoms with van der Waals surface area (Å²) in [6, 6.07) is 38.2. The van der Waals surface area contributed by atoms with Gasteiger partial charge in [0.15, 0.2) is 0 Å². The fourth-order valence-electron chi connectivity index (χ4n) is 4.87. The van der Waals surface area contributed by atoms with E-state index in [1.165, 1.54) is 0 Å². The molecule has 0 radical (unpaired) electrons. The number of para-hydroxylation sites is 2. The lowest BCUT2D eigenvalue weighted by molar-refractivity contribution is -0.141. The molecule has 0 atom stereocenters. The van der Waals surface area contributed by atoms with E-state index >= 15 is 0 Å². The third-order valence-corrected chi connectivity index (χ3v) is 7.38. The molecule has 0 aliphatic heterocycles. The van der Waals surface area contributed by atoms with Gasteiger partial charge in [-0.1, -0.05) is 72.8 Å². The fraction of sp³-hybridized carbons (Fsp3) is 0.114. The highest BCUT2D eigenvalue weighted by molar-refractivity contribution is 5.85. The quantitative estimate of drug-likeness (QED) is 0.207. The normalized spacial score (nSPS) is 11.4. The van der Waals surface area contributed by atoms with Crippen LogP contribution in [0.2, 0.25) is 0 Å². The molecule has 0 aliphatic carbocycles. The number of benzene rings is 4. The van der Waals surface area contributed by atoms with Gasteiger partial charge in [0, 0.05) is 10.8 Å². The first-order chi connectivity index (χ1) is 20.0. The van der Waals surface area contributed by atoms with Gasteiger partial charge in [-0.15, -0.1) is 0 Å². The molecule has 6 aromatic rings. The number of pyridine rings is 2. The Labute approximate surface area is 237 Å². The largest absolute Gasteiger partial charge is 0.487 e. The molecule has 6 nitrogen and oxygen atoms in total. The van der Waals surface area contributed by atoms with Crippen molar-refractivity contribution in [2.45, 2.75) is 25.6 Å². The molecule has 0 spiro atoms. The molecule has 0 saturated carbocycles. The van der Waals surface area contributed by atoms with E-state index in [1.807, 2.05) is 72.8 Å². The van der Waals surface area contributed by atoms with Crippen molar-refractivity contribution in [3.05, 3.63) is 144 Å². The molecular formula is C35H28N2O4. The maximum absolute atomic E-state index is 12.5. The van der Waals surface area contributed by atoms with Crippen LogP contribution in [0, 0.1) is 0 Å². The Hall–Kier alpha value is -5.23. The first kappa shape index (κ1) is 26.0. The standard InChI is InChI=1S/C35H28N2O4/c1-35(34(38)39,26-12-18-30(19-13-26)40-22-28-16-10-24-6-2-4-8-32(24)36-28)27-14-20-31(21-15-27)41-23-29-17-11-25-7-3-5-9-33(25)37-29/h2-21H,22-23H2,1H3,(H,38,39). The highest BCUT2D eigenvalue weighted by atomic mass is 16.5. The van der Waals surface area contributed by atoms with Gasteiger partial charge in [0.1, 0.15) is 30.1 Å². The van der Waals surface area contributed by atoms with Gasteiger partial charge in [-0.05, 0) is 66.6 Å². The zero-order valence-corrected chi connectivity index (χ0v) is 22.5. The van der Waals surface area contributed by atoms with E-state index in [-0.39, 0.29) is 0 Å². The molecule has 0 fully saturated rings. The predicted octanol–water partition coefficient (Wildman–Crippen LogP) is 7.33. The summed E-state index contributed by atoms with van der Waals surface area (Å²) in [5, 5.41) is 12.4. The van der Waals surface area contributed by atoms with Crippen molar-refractivity contribution in [2.24, 2.45) is 0 Å². The third kappa shape index (κ3) is 5.45. The Morgan fingerprint density at radius 2 is 1.02 bits per heavy atom. The van der Waals surface area contributed by atoms with Gasteiger partial charge >= 0.3 is 5.97 Å². The molecule has 1 N–H and O–H groups in total. The fourth-order valence-corrected chi connectivity index (χ4v) is 4.87.